The molecule has 1 saturated carbocycles. The summed E-state index contributed by atoms with van der Waals surface area (Å²) in [6.45, 7) is -0.316. The first-order chi connectivity index (χ1) is 5.77. The number of hydrogen-bond acceptors (Lipinski definition) is 2. The number of halogens is 1. The van der Waals surface area contributed by atoms with Gasteiger partial charge in [-0.25, -0.2) is 0 Å². The third kappa shape index (κ3) is 1.05. The van der Waals surface area contributed by atoms with Gasteiger partial charge in [-0.05, 0) is 25.0 Å². The first-order valence-electron chi connectivity index (χ1n) is 4.05. The third-order valence-corrected chi connectivity index (χ3v) is 2.44. The van der Waals surface area contributed by atoms with E-state index in [1.165, 1.54) is 0 Å². The van der Waals surface area contributed by atoms with E-state index in [2.05, 4.69) is 4.98 Å². The minimum absolute atomic E-state index is 0.282. The van der Waals surface area contributed by atoms with E-state index in [9.17, 15) is 4.39 Å². The van der Waals surface area contributed by atoms with Crippen molar-refractivity contribution in [3.63, 3.8) is 0 Å². The van der Waals surface area contributed by atoms with Crippen molar-refractivity contribution in [1.29, 1.82) is 0 Å². The van der Waals surface area contributed by atoms with Crippen molar-refractivity contribution in [2.75, 3.05) is 12.4 Å². The molecular formula is C9H11FN2. The lowest BCUT2D eigenvalue weighted by atomic mass is 10.0. The van der Waals surface area contributed by atoms with Crippen LogP contribution in [0.2, 0.25) is 0 Å². The molecule has 0 aromatic carbocycles. The van der Waals surface area contributed by atoms with Crippen LogP contribution in [-0.2, 0) is 5.41 Å². The molecule has 0 amide bonds. The number of pyridine rings is 1. The van der Waals surface area contributed by atoms with Gasteiger partial charge in [-0.1, -0.05) is 0 Å². The second-order valence-electron chi connectivity index (χ2n) is 3.39. The molecule has 2 rings (SSSR count). The van der Waals surface area contributed by atoms with Crippen LogP contribution in [0.15, 0.2) is 18.3 Å². The van der Waals surface area contributed by atoms with Crippen LogP contribution >= 0.6 is 0 Å². The summed E-state index contributed by atoms with van der Waals surface area (Å²) in [5.74, 6) is 0. The summed E-state index contributed by atoms with van der Waals surface area (Å²) >= 11 is 0. The van der Waals surface area contributed by atoms with Crippen molar-refractivity contribution < 1.29 is 4.39 Å². The molecule has 1 aliphatic rings. The van der Waals surface area contributed by atoms with E-state index in [-0.39, 0.29) is 12.1 Å². The van der Waals surface area contributed by atoms with Crippen molar-refractivity contribution in [3.05, 3.63) is 24.0 Å². The summed E-state index contributed by atoms with van der Waals surface area (Å²) in [6, 6.07) is 3.49. The zero-order valence-electron chi connectivity index (χ0n) is 6.76. The minimum atomic E-state index is -0.316. The zero-order valence-corrected chi connectivity index (χ0v) is 6.76. The lowest BCUT2D eigenvalue weighted by Crippen LogP contribution is -2.11. The Bertz CT molecular complexity index is 294. The molecule has 0 spiro atoms. The van der Waals surface area contributed by atoms with Crippen LogP contribution in [0.1, 0.15) is 18.5 Å². The van der Waals surface area contributed by atoms with Gasteiger partial charge in [0.1, 0.15) is 6.67 Å². The normalized spacial score (nSPS) is 19.1. The average molecular weight is 166 g/mol. The molecule has 64 valence electrons. The van der Waals surface area contributed by atoms with Crippen LogP contribution in [0.25, 0.3) is 0 Å². The Kier molecular flexibility index (Phi) is 1.53. The molecular weight excluding hydrogens is 155 g/mol. The largest absolute Gasteiger partial charge is 0.399 e. The van der Waals surface area contributed by atoms with Gasteiger partial charge in [0.15, 0.2) is 0 Å². The van der Waals surface area contributed by atoms with Gasteiger partial charge in [-0.15, -0.1) is 0 Å². The second kappa shape index (κ2) is 2.44. The van der Waals surface area contributed by atoms with Crippen LogP contribution in [0.5, 0.6) is 0 Å². The highest BCUT2D eigenvalue weighted by Gasteiger charge is 2.45. The highest BCUT2D eigenvalue weighted by Crippen LogP contribution is 2.47. The predicted molar refractivity (Wildman–Crippen MR) is 45.5 cm³/mol. The molecule has 1 heterocycles. The lowest BCUT2D eigenvalue weighted by Gasteiger charge is -2.09. The molecule has 3 heteroatoms. The minimum Gasteiger partial charge on any atom is -0.399 e. The summed E-state index contributed by atoms with van der Waals surface area (Å²) in [7, 11) is 0. The number of anilines is 1. The molecule has 0 saturated heterocycles. The molecule has 0 aliphatic heterocycles. The fraction of sp³-hybridized carbons (Fsp3) is 0.444. The molecule has 1 aromatic rings. The number of nitrogens with two attached hydrogens (primary N) is 1. The van der Waals surface area contributed by atoms with Gasteiger partial charge in [-0.3, -0.25) is 9.37 Å². The maximum absolute atomic E-state index is 12.6. The van der Waals surface area contributed by atoms with E-state index in [0.717, 1.165) is 18.5 Å². The maximum Gasteiger partial charge on any atom is 0.101 e. The summed E-state index contributed by atoms with van der Waals surface area (Å²) in [5.41, 5.74) is 6.77. The molecule has 0 radical (unpaired) electrons. The SMILES string of the molecule is Nc1ccnc(C2(CF)CC2)c1. The standard InChI is InChI=1S/C9H11FN2/c10-6-9(2-3-9)8-5-7(11)1-4-12-8/h1,4-5H,2-3,6H2,(H2,11,12). The Morgan fingerprint density at radius 1 is 1.58 bits per heavy atom. The molecule has 1 aromatic heterocycles. The topological polar surface area (TPSA) is 38.9 Å². The molecule has 0 bridgehead atoms. The quantitative estimate of drug-likeness (QED) is 0.725. The van der Waals surface area contributed by atoms with Gasteiger partial charge in [0.2, 0.25) is 0 Å². The first-order valence-corrected chi connectivity index (χ1v) is 4.05. The van der Waals surface area contributed by atoms with Crippen molar-refractivity contribution in [2.45, 2.75) is 18.3 Å². The Hall–Kier alpha value is -1.12. The van der Waals surface area contributed by atoms with Crippen molar-refractivity contribution >= 4 is 5.69 Å². The van der Waals surface area contributed by atoms with Gasteiger partial charge in [0.25, 0.3) is 0 Å². The van der Waals surface area contributed by atoms with E-state index in [0.29, 0.717) is 5.69 Å². The number of nitrogen functional groups attached to an aromatic ring is 1. The average Bonchev–Trinajstić information content (AvgIpc) is 2.84. The Morgan fingerprint density at radius 3 is 2.83 bits per heavy atom. The first kappa shape index (κ1) is 7.53. The number of aromatic nitrogens is 1. The van der Waals surface area contributed by atoms with Crippen molar-refractivity contribution in [1.82, 2.24) is 4.98 Å². The maximum atomic E-state index is 12.6. The van der Waals surface area contributed by atoms with Gasteiger partial charge in [0.05, 0.1) is 5.69 Å². The van der Waals surface area contributed by atoms with Gasteiger partial charge < -0.3 is 5.73 Å². The fourth-order valence-electron chi connectivity index (χ4n) is 1.35. The van der Waals surface area contributed by atoms with E-state index in [1.54, 1.807) is 18.3 Å². The van der Waals surface area contributed by atoms with Crippen molar-refractivity contribution in [2.24, 2.45) is 0 Å². The summed E-state index contributed by atoms with van der Waals surface area (Å²) in [4.78, 5) is 4.12. The van der Waals surface area contributed by atoms with Gasteiger partial charge in [0, 0.05) is 17.3 Å². The number of alkyl halides is 1. The van der Waals surface area contributed by atoms with Crippen LogP contribution in [0.4, 0.5) is 10.1 Å². The van der Waals surface area contributed by atoms with E-state index in [1.807, 2.05) is 0 Å². The molecule has 2 nitrogen and oxygen atoms in total. The van der Waals surface area contributed by atoms with E-state index >= 15 is 0 Å². The lowest BCUT2D eigenvalue weighted by molar-refractivity contribution is 0.412. The smallest absolute Gasteiger partial charge is 0.101 e. The van der Waals surface area contributed by atoms with Gasteiger partial charge >= 0.3 is 0 Å². The van der Waals surface area contributed by atoms with E-state index in [4.69, 9.17) is 5.73 Å². The number of hydrogen-bond donors (Lipinski definition) is 1. The predicted octanol–water partition coefficient (Wildman–Crippen LogP) is 1.66. The number of nitrogens with zero attached hydrogens (tertiary/aromatic N) is 1. The Labute approximate surface area is 70.6 Å². The number of rotatable bonds is 2. The van der Waals surface area contributed by atoms with Crippen LogP contribution in [0, 0.1) is 0 Å². The molecule has 2 N–H and O–H groups in total. The second-order valence-corrected chi connectivity index (χ2v) is 3.39. The molecule has 0 unspecified atom stereocenters. The van der Waals surface area contributed by atoms with E-state index < -0.39 is 0 Å². The monoisotopic (exact) mass is 166 g/mol. The van der Waals surface area contributed by atoms with Crippen LogP contribution in [-0.4, -0.2) is 11.7 Å². The Morgan fingerprint density at radius 2 is 2.33 bits per heavy atom. The molecule has 0 atom stereocenters. The third-order valence-electron chi connectivity index (χ3n) is 2.44. The van der Waals surface area contributed by atoms with Crippen LogP contribution in [0.3, 0.4) is 0 Å². The fourth-order valence-corrected chi connectivity index (χ4v) is 1.35. The van der Waals surface area contributed by atoms with Crippen LogP contribution < -0.4 is 5.73 Å². The molecule has 1 aliphatic carbocycles. The highest BCUT2D eigenvalue weighted by atomic mass is 19.1. The summed E-state index contributed by atoms with van der Waals surface area (Å²) in [5, 5.41) is 0. The van der Waals surface area contributed by atoms with Gasteiger partial charge in [-0.2, -0.15) is 0 Å². The Balaban J connectivity index is 2.34. The zero-order chi connectivity index (χ0) is 8.60. The highest BCUT2D eigenvalue weighted by molar-refractivity contribution is 5.41. The van der Waals surface area contributed by atoms with Crippen molar-refractivity contribution in [3.8, 4) is 0 Å². The summed E-state index contributed by atoms with van der Waals surface area (Å²) in [6.07, 6.45) is 3.44. The molecule has 12 heavy (non-hydrogen) atoms. The summed E-state index contributed by atoms with van der Waals surface area (Å²) < 4.78 is 12.6. The molecule has 1 fully saturated rings.